The van der Waals surface area contributed by atoms with Crippen molar-refractivity contribution in [2.75, 3.05) is 14.2 Å². The fourth-order valence-corrected chi connectivity index (χ4v) is 2.67. The fourth-order valence-electron chi connectivity index (χ4n) is 2.67. The molecule has 3 nitrogen and oxygen atoms in total. The number of esters is 1. The largest absolute Gasteiger partial charge is 0.503 e. The number of allylic oxidation sites excluding steroid dienone is 2. The Kier molecular flexibility index (Phi) is 6.98. The van der Waals surface area contributed by atoms with Crippen molar-refractivity contribution < 1.29 is 14.3 Å². The first-order valence-electron chi connectivity index (χ1n) is 8.39. The minimum absolute atomic E-state index is 0.383. The minimum atomic E-state index is -0.432. The summed E-state index contributed by atoms with van der Waals surface area (Å²) in [6, 6.07) is 14.0. The SMILES string of the molecule is CO/C=C(\C(=O)OC)c1ccccc1/C=C/C=C/c1ccc(C)cc1C. The molecule has 0 bridgehead atoms. The highest BCUT2D eigenvalue weighted by Gasteiger charge is 2.15. The van der Waals surface area contributed by atoms with E-state index in [-0.39, 0.29) is 0 Å². The van der Waals surface area contributed by atoms with Gasteiger partial charge in [-0.3, -0.25) is 0 Å². The topological polar surface area (TPSA) is 35.5 Å². The van der Waals surface area contributed by atoms with E-state index in [2.05, 4.69) is 38.1 Å². The molecule has 0 aliphatic carbocycles. The third-order valence-electron chi connectivity index (χ3n) is 3.98. The van der Waals surface area contributed by atoms with E-state index in [1.54, 1.807) is 0 Å². The zero-order chi connectivity index (χ0) is 18.9. The van der Waals surface area contributed by atoms with Gasteiger partial charge in [0, 0.05) is 0 Å². The average molecular weight is 348 g/mol. The van der Waals surface area contributed by atoms with Gasteiger partial charge in [-0.1, -0.05) is 72.3 Å². The molecule has 2 aromatic carbocycles. The molecule has 0 spiro atoms. The molecule has 0 aromatic heterocycles. The highest BCUT2D eigenvalue weighted by atomic mass is 16.5. The summed E-state index contributed by atoms with van der Waals surface area (Å²) < 4.78 is 9.90. The maximum atomic E-state index is 12.0. The van der Waals surface area contributed by atoms with Gasteiger partial charge in [0.15, 0.2) is 0 Å². The van der Waals surface area contributed by atoms with Crippen molar-refractivity contribution >= 4 is 23.7 Å². The van der Waals surface area contributed by atoms with Gasteiger partial charge in [-0.25, -0.2) is 4.79 Å². The maximum Gasteiger partial charge on any atom is 0.341 e. The zero-order valence-electron chi connectivity index (χ0n) is 15.7. The molecular formula is C23H24O3. The van der Waals surface area contributed by atoms with Crippen molar-refractivity contribution in [3.05, 3.63) is 88.7 Å². The van der Waals surface area contributed by atoms with Crippen molar-refractivity contribution in [1.82, 2.24) is 0 Å². The molecule has 26 heavy (non-hydrogen) atoms. The second-order valence-corrected chi connectivity index (χ2v) is 5.92. The Morgan fingerprint density at radius 3 is 2.27 bits per heavy atom. The van der Waals surface area contributed by atoms with Crippen molar-refractivity contribution in [2.24, 2.45) is 0 Å². The number of rotatable bonds is 6. The summed E-state index contributed by atoms with van der Waals surface area (Å²) in [6.07, 6.45) is 9.39. The number of carbonyl (C=O) groups is 1. The Labute approximate surface area is 155 Å². The molecule has 0 heterocycles. The van der Waals surface area contributed by atoms with E-state index in [9.17, 15) is 4.79 Å². The molecule has 0 saturated carbocycles. The molecule has 0 unspecified atom stereocenters. The Bertz CT molecular complexity index is 858. The number of carbonyl (C=O) groups excluding carboxylic acids is 1. The van der Waals surface area contributed by atoms with Crippen LogP contribution in [0, 0.1) is 13.8 Å². The van der Waals surface area contributed by atoms with Crippen LogP contribution in [0.15, 0.2) is 60.9 Å². The standard InChI is InChI=1S/C23H24O3/c1-17-13-14-19(18(2)15-17)9-5-6-10-20-11-7-8-12-21(20)22(16-25-3)23(24)26-4/h5-16H,1-4H3/b9-5+,10-6+,22-16-. The summed E-state index contributed by atoms with van der Waals surface area (Å²) in [5.74, 6) is -0.432. The number of methoxy groups -OCH3 is 2. The van der Waals surface area contributed by atoms with Crippen LogP contribution in [0.5, 0.6) is 0 Å². The maximum absolute atomic E-state index is 12.0. The predicted molar refractivity (Wildman–Crippen MR) is 107 cm³/mol. The van der Waals surface area contributed by atoms with Gasteiger partial charge in [0.1, 0.15) is 5.57 Å². The van der Waals surface area contributed by atoms with Crippen LogP contribution in [0.3, 0.4) is 0 Å². The summed E-state index contributed by atoms with van der Waals surface area (Å²) in [5.41, 5.74) is 5.73. The smallest absolute Gasteiger partial charge is 0.341 e. The van der Waals surface area contributed by atoms with E-state index in [1.807, 2.05) is 42.5 Å². The molecule has 0 fully saturated rings. The van der Waals surface area contributed by atoms with Gasteiger partial charge in [-0.05, 0) is 36.1 Å². The third-order valence-corrected chi connectivity index (χ3v) is 3.98. The molecule has 0 atom stereocenters. The summed E-state index contributed by atoms with van der Waals surface area (Å²) in [4.78, 5) is 12.0. The van der Waals surface area contributed by atoms with E-state index < -0.39 is 5.97 Å². The lowest BCUT2D eigenvalue weighted by Crippen LogP contribution is -2.05. The van der Waals surface area contributed by atoms with Crippen molar-refractivity contribution in [3.63, 3.8) is 0 Å². The molecule has 3 heteroatoms. The summed E-state index contributed by atoms with van der Waals surface area (Å²) in [6.45, 7) is 4.19. The number of ether oxygens (including phenoxy) is 2. The van der Waals surface area contributed by atoms with Crippen molar-refractivity contribution in [1.29, 1.82) is 0 Å². The quantitative estimate of drug-likeness (QED) is 0.312. The van der Waals surface area contributed by atoms with Gasteiger partial charge in [0.05, 0.1) is 20.5 Å². The number of hydrogen-bond donors (Lipinski definition) is 0. The number of hydrogen-bond acceptors (Lipinski definition) is 3. The molecular weight excluding hydrogens is 324 g/mol. The molecule has 2 aromatic rings. The monoisotopic (exact) mass is 348 g/mol. The molecule has 0 aliphatic rings. The normalized spacial score (nSPS) is 11.9. The van der Waals surface area contributed by atoms with Crippen LogP contribution in [0.25, 0.3) is 17.7 Å². The van der Waals surface area contributed by atoms with Gasteiger partial charge in [0.25, 0.3) is 0 Å². The van der Waals surface area contributed by atoms with Crippen LogP contribution in [0.4, 0.5) is 0 Å². The van der Waals surface area contributed by atoms with Crippen LogP contribution in [-0.2, 0) is 14.3 Å². The highest BCUT2D eigenvalue weighted by molar-refractivity contribution is 6.17. The summed E-state index contributed by atoms with van der Waals surface area (Å²) in [5, 5.41) is 0. The van der Waals surface area contributed by atoms with Crippen molar-refractivity contribution in [2.45, 2.75) is 13.8 Å². The van der Waals surface area contributed by atoms with Crippen molar-refractivity contribution in [3.8, 4) is 0 Å². The lowest BCUT2D eigenvalue weighted by atomic mass is 10.00. The molecule has 2 rings (SSSR count). The first-order valence-corrected chi connectivity index (χ1v) is 8.39. The highest BCUT2D eigenvalue weighted by Crippen LogP contribution is 2.22. The first kappa shape index (κ1) is 19.3. The van der Waals surface area contributed by atoms with Gasteiger partial charge >= 0.3 is 5.97 Å². The third kappa shape index (κ3) is 4.96. The van der Waals surface area contributed by atoms with E-state index >= 15 is 0 Å². The van der Waals surface area contributed by atoms with Crippen LogP contribution < -0.4 is 0 Å². The van der Waals surface area contributed by atoms with Crippen LogP contribution >= 0.6 is 0 Å². The van der Waals surface area contributed by atoms with Crippen LogP contribution in [-0.4, -0.2) is 20.2 Å². The average Bonchev–Trinajstić information content (AvgIpc) is 2.64. The first-order chi connectivity index (χ1) is 12.6. The van der Waals surface area contributed by atoms with Crippen LogP contribution in [0.2, 0.25) is 0 Å². The lowest BCUT2D eigenvalue weighted by Gasteiger charge is -2.08. The van der Waals surface area contributed by atoms with Gasteiger partial charge in [0.2, 0.25) is 0 Å². The minimum Gasteiger partial charge on any atom is -0.503 e. The van der Waals surface area contributed by atoms with Gasteiger partial charge in [-0.2, -0.15) is 0 Å². The summed E-state index contributed by atoms with van der Waals surface area (Å²) >= 11 is 0. The number of benzene rings is 2. The zero-order valence-corrected chi connectivity index (χ0v) is 15.7. The second kappa shape index (κ2) is 9.42. The Balaban J connectivity index is 2.27. The van der Waals surface area contributed by atoms with E-state index in [0.29, 0.717) is 5.57 Å². The molecule has 0 radical (unpaired) electrons. The van der Waals surface area contributed by atoms with E-state index in [0.717, 1.165) is 11.1 Å². The second-order valence-electron chi connectivity index (χ2n) is 5.92. The molecule has 134 valence electrons. The number of aryl methyl sites for hydroxylation is 2. The Hall–Kier alpha value is -3.07. The van der Waals surface area contributed by atoms with E-state index in [4.69, 9.17) is 9.47 Å². The molecule has 0 aliphatic heterocycles. The van der Waals surface area contributed by atoms with Gasteiger partial charge in [-0.15, -0.1) is 0 Å². The lowest BCUT2D eigenvalue weighted by molar-refractivity contribution is -0.133. The van der Waals surface area contributed by atoms with Crippen LogP contribution in [0.1, 0.15) is 27.8 Å². The molecule has 0 amide bonds. The van der Waals surface area contributed by atoms with E-state index in [1.165, 1.54) is 37.2 Å². The Morgan fingerprint density at radius 2 is 1.62 bits per heavy atom. The molecule has 0 N–H and O–H groups in total. The Morgan fingerprint density at radius 1 is 0.923 bits per heavy atom. The molecule has 0 saturated heterocycles. The fraction of sp³-hybridized carbons (Fsp3) is 0.174. The predicted octanol–water partition coefficient (Wildman–Crippen LogP) is 5.19. The van der Waals surface area contributed by atoms with Gasteiger partial charge < -0.3 is 9.47 Å². The summed E-state index contributed by atoms with van der Waals surface area (Å²) in [7, 11) is 2.87.